The van der Waals surface area contributed by atoms with Crippen molar-refractivity contribution in [3.05, 3.63) is 35.1 Å². The van der Waals surface area contributed by atoms with Gasteiger partial charge in [0.25, 0.3) is 0 Å². The van der Waals surface area contributed by atoms with E-state index < -0.39 is 46.6 Å². The van der Waals surface area contributed by atoms with E-state index >= 15 is 0 Å². The van der Waals surface area contributed by atoms with Crippen molar-refractivity contribution in [1.29, 1.82) is 0 Å². The van der Waals surface area contributed by atoms with Crippen molar-refractivity contribution in [2.45, 2.75) is 13.8 Å². The highest BCUT2D eigenvalue weighted by molar-refractivity contribution is 5.99. The minimum atomic E-state index is -1.40. The van der Waals surface area contributed by atoms with Crippen molar-refractivity contribution in [3.8, 4) is 0 Å². The first-order chi connectivity index (χ1) is 8.25. The summed E-state index contributed by atoms with van der Waals surface area (Å²) in [6, 6.07) is 0.707. The van der Waals surface area contributed by atoms with E-state index in [1.165, 1.54) is 13.8 Å². The Morgan fingerprint density at radius 2 is 1.50 bits per heavy atom. The molecular weight excluding hydrogens is 249 g/mol. The lowest BCUT2D eigenvalue weighted by atomic mass is 9.88. The molecule has 0 heterocycles. The molecule has 98 valence electrons. The van der Waals surface area contributed by atoms with Crippen LogP contribution in [-0.2, 0) is 4.79 Å². The van der Waals surface area contributed by atoms with Crippen molar-refractivity contribution < 1.29 is 27.9 Å². The fourth-order valence-corrected chi connectivity index (χ4v) is 1.40. The maximum absolute atomic E-state index is 13.3. The van der Waals surface area contributed by atoms with Crippen molar-refractivity contribution >= 4 is 11.8 Å². The zero-order valence-electron chi connectivity index (χ0n) is 9.71. The number of carbonyl (C=O) groups excluding carboxylic acids is 1. The molecule has 0 saturated heterocycles. The normalized spacial score (nSPS) is 14.1. The van der Waals surface area contributed by atoms with Crippen LogP contribution in [0.15, 0.2) is 12.1 Å². The second-order valence-electron chi connectivity index (χ2n) is 4.03. The number of carbonyl (C=O) groups is 2. The third-order valence-corrected chi connectivity index (χ3v) is 2.83. The Labute approximate surface area is 101 Å². The van der Waals surface area contributed by atoms with Gasteiger partial charge in [-0.05, 0) is 6.07 Å². The largest absolute Gasteiger partial charge is 0.481 e. The third kappa shape index (κ3) is 2.69. The topological polar surface area (TPSA) is 54.4 Å². The first-order valence-electron chi connectivity index (χ1n) is 5.17. The van der Waals surface area contributed by atoms with Gasteiger partial charge in [-0.1, -0.05) is 13.8 Å². The van der Waals surface area contributed by atoms with Crippen LogP contribution in [0.5, 0.6) is 0 Å². The van der Waals surface area contributed by atoms with Gasteiger partial charge in [-0.2, -0.15) is 0 Å². The molecule has 0 fully saturated rings. The molecule has 3 nitrogen and oxygen atoms in total. The average molecular weight is 260 g/mol. The van der Waals surface area contributed by atoms with Gasteiger partial charge in [0, 0.05) is 12.0 Å². The van der Waals surface area contributed by atoms with Crippen LogP contribution < -0.4 is 0 Å². The van der Waals surface area contributed by atoms with Gasteiger partial charge in [0.1, 0.15) is 5.82 Å². The zero-order valence-corrected chi connectivity index (χ0v) is 9.71. The number of hydrogen-bond acceptors (Lipinski definition) is 2. The van der Waals surface area contributed by atoms with E-state index in [1.54, 1.807) is 0 Å². The number of carboxylic acids is 1. The predicted octanol–water partition coefficient (Wildman–Crippen LogP) is 2.64. The highest BCUT2D eigenvalue weighted by Gasteiger charge is 2.29. The van der Waals surface area contributed by atoms with Crippen LogP contribution in [0.1, 0.15) is 24.2 Å². The molecule has 18 heavy (non-hydrogen) atoms. The Morgan fingerprint density at radius 3 is 2.00 bits per heavy atom. The molecule has 0 radical (unpaired) electrons. The molecule has 1 aromatic rings. The van der Waals surface area contributed by atoms with Gasteiger partial charge in [-0.15, -0.1) is 0 Å². The average Bonchev–Trinajstić information content (AvgIpc) is 2.30. The number of ketones is 1. The smallest absolute Gasteiger partial charge is 0.306 e. The van der Waals surface area contributed by atoms with Crippen LogP contribution in [0, 0.1) is 29.3 Å². The summed E-state index contributed by atoms with van der Waals surface area (Å²) in [4.78, 5) is 22.5. The summed E-state index contributed by atoms with van der Waals surface area (Å²) in [6.07, 6.45) is 0. The van der Waals surface area contributed by atoms with Crippen LogP contribution in [0.25, 0.3) is 0 Å². The number of carboxylic acid groups (broad SMARTS) is 1. The Kier molecular flexibility index (Phi) is 4.11. The Hall–Kier alpha value is -1.85. The highest BCUT2D eigenvalue weighted by atomic mass is 19.2. The molecule has 0 spiro atoms. The number of hydrogen-bond donors (Lipinski definition) is 1. The Balaban J connectivity index is 3.11. The second kappa shape index (κ2) is 5.20. The molecule has 0 aliphatic carbocycles. The quantitative estimate of drug-likeness (QED) is 0.668. The lowest BCUT2D eigenvalue weighted by Crippen LogP contribution is -2.26. The maximum atomic E-state index is 13.3. The van der Waals surface area contributed by atoms with Gasteiger partial charge in [-0.3, -0.25) is 9.59 Å². The number of benzene rings is 1. The molecule has 1 rings (SSSR count). The second-order valence-corrected chi connectivity index (χ2v) is 4.03. The summed E-state index contributed by atoms with van der Waals surface area (Å²) < 4.78 is 39.0. The number of rotatable bonds is 4. The molecule has 0 saturated carbocycles. The van der Waals surface area contributed by atoms with Crippen LogP contribution >= 0.6 is 0 Å². The third-order valence-electron chi connectivity index (χ3n) is 2.83. The molecule has 0 aromatic heterocycles. The van der Waals surface area contributed by atoms with Gasteiger partial charge in [-0.25, -0.2) is 13.2 Å². The van der Waals surface area contributed by atoms with E-state index in [0.29, 0.717) is 6.07 Å². The van der Waals surface area contributed by atoms with Gasteiger partial charge >= 0.3 is 5.97 Å². The van der Waals surface area contributed by atoms with E-state index in [4.69, 9.17) is 5.11 Å². The standard InChI is InChI=1S/C12H11F3O3/c1-5(6(2)12(17)18)11(16)7-3-9(14)10(15)4-8(7)13/h3-6H,1-2H3,(H,17,18). The minimum absolute atomic E-state index is 0.265. The van der Waals surface area contributed by atoms with Crippen molar-refractivity contribution in [1.82, 2.24) is 0 Å². The summed E-state index contributed by atoms with van der Waals surface area (Å²) in [7, 11) is 0. The van der Waals surface area contributed by atoms with Crippen molar-refractivity contribution in [2.75, 3.05) is 0 Å². The summed E-state index contributed by atoms with van der Waals surface area (Å²) in [6.45, 7) is 2.57. The monoisotopic (exact) mass is 260 g/mol. The van der Waals surface area contributed by atoms with Gasteiger partial charge < -0.3 is 5.11 Å². The van der Waals surface area contributed by atoms with Crippen molar-refractivity contribution in [2.24, 2.45) is 11.8 Å². The number of halogens is 3. The summed E-state index contributed by atoms with van der Waals surface area (Å²) >= 11 is 0. The molecule has 6 heteroatoms. The van der Waals surface area contributed by atoms with E-state index in [2.05, 4.69) is 0 Å². The van der Waals surface area contributed by atoms with Crippen LogP contribution in [0.4, 0.5) is 13.2 Å². The molecule has 2 atom stereocenters. The fourth-order valence-electron chi connectivity index (χ4n) is 1.40. The Morgan fingerprint density at radius 1 is 1.00 bits per heavy atom. The molecule has 1 N–H and O–H groups in total. The first kappa shape index (κ1) is 14.2. The molecule has 1 aromatic carbocycles. The molecule has 0 amide bonds. The van der Waals surface area contributed by atoms with E-state index in [1.807, 2.05) is 0 Å². The van der Waals surface area contributed by atoms with Crippen LogP contribution in [0.2, 0.25) is 0 Å². The summed E-state index contributed by atoms with van der Waals surface area (Å²) in [5.41, 5.74) is -0.644. The number of aliphatic carboxylic acids is 1. The predicted molar refractivity (Wildman–Crippen MR) is 56.6 cm³/mol. The van der Waals surface area contributed by atoms with Crippen molar-refractivity contribution in [3.63, 3.8) is 0 Å². The van der Waals surface area contributed by atoms with E-state index in [-0.39, 0.29) is 6.07 Å². The lowest BCUT2D eigenvalue weighted by molar-refractivity contribution is -0.142. The maximum Gasteiger partial charge on any atom is 0.306 e. The van der Waals surface area contributed by atoms with Gasteiger partial charge in [0.05, 0.1) is 11.5 Å². The number of Topliss-reactive ketones (excluding diaryl/α,β-unsaturated/α-hetero) is 1. The van der Waals surface area contributed by atoms with Gasteiger partial charge in [0.2, 0.25) is 0 Å². The first-order valence-corrected chi connectivity index (χ1v) is 5.17. The molecular formula is C12H11F3O3. The van der Waals surface area contributed by atoms with E-state index in [9.17, 15) is 22.8 Å². The molecule has 0 aliphatic rings. The molecule has 2 unspecified atom stereocenters. The minimum Gasteiger partial charge on any atom is -0.481 e. The van der Waals surface area contributed by atoms with Crippen LogP contribution in [-0.4, -0.2) is 16.9 Å². The SMILES string of the molecule is CC(C(=O)O)C(C)C(=O)c1cc(F)c(F)cc1F. The van der Waals surface area contributed by atoms with Gasteiger partial charge in [0.15, 0.2) is 17.4 Å². The summed E-state index contributed by atoms with van der Waals surface area (Å²) in [5, 5.41) is 8.74. The zero-order chi connectivity index (χ0) is 14.0. The Bertz CT molecular complexity index is 500. The molecule has 0 aliphatic heterocycles. The summed E-state index contributed by atoms with van der Waals surface area (Å²) in [5.74, 6) is -8.15. The molecule has 0 bridgehead atoms. The van der Waals surface area contributed by atoms with Crippen LogP contribution in [0.3, 0.4) is 0 Å². The van der Waals surface area contributed by atoms with E-state index in [0.717, 1.165) is 0 Å². The highest BCUT2D eigenvalue weighted by Crippen LogP contribution is 2.21. The fraction of sp³-hybridized carbons (Fsp3) is 0.333. The lowest BCUT2D eigenvalue weighted by Gasteiger charge is -2.15.